The van der Waals surface area contributed by atoms with E-state index in [0.717, 1.165) is 16.3 Å². The van der Waals surface area contributed by atoms with Crippen LogP contribution in [0.3, 0.4) is 0 Å². The van der Waals surface area contributed by atoms with Crippen molar-refractivity contribution in [1.29, 1.82) is 0 Å². The van der Waals surface area contributed by atoms with Crippen molar-refractivity contribution in [1.82, 2.24) is 4.98 Å². The molecule has 0 spiro atoms. The minimum Gasteiger partial charge on any atom is -0.507 e. The molecule has 0 atom stereocenters. The van der Waals surface area contributed by atoms with E-state index in [1.807, 2.05) is 6.07 Å². The lowest BCUT2D eigenvalue weighted by Crippen LogP contribution is -2.09. The zero-order chi connectivity index (χ0) is 19.1. The van der Waals surface area contributed by atoms with Gasteiger partial charge >= 0.3 is 0 Å². The maximum atomic E-state index is 10.5. The van der Waals surface area contributed by atoms with Crippen LogP contribution >= 0.6 is 0 Å². The van der Waals surface area contributed by atoms with Gasteiger partial charge in [-0.25, -0.2) is 0 Å². The Morgan fingerprint density at radius 1 is 0.926 bits per heavy atom. The third kappa shape index (κ3) is 2.46. The lowest BCUT2D eigenvalue weighted by Gasteiger charge is -2.24. The average molecular weight is 369 g/mol. The molecule has 7 heteroatoms. The molecule has 3 aromatic rings. The minimum atomic E-state index is 0.0459. The van der Waals surface area contributed by atoms with Crippen LogP contribution in [0.1, 0.15) is 5.56 Å². The van der Waals surface area contributed by atoms with Crippen molar-refractivity contribution in [2.24, 2.45) is 0 Å². The normalized spacial score (nSPS) is 12.0. The number of phenolic OH excluding ortho intramolecular Hbond substituents is 1. The number of methoxy groups -OCH3 is 4. The quantitative estimate of drug-likeness (QED) is 0.753. The van der Waals surface area contributed by atoms with Crippen molar-refractivity contribution in [3.8, 4) is 45.8 Å². The number of phenols is 1. The molecular formula is C20H19NO6. The van der Waals surface area contributed by atoms with Crippen molar-refractivity contribution < 1.29 is 28.8 Å². The van der Waals surface area contributed by atoms with Gasteiger partial charge in [0, 0.05) is 29.3 Å². The summed E-state index contributed by atoms with van der Waals surface area (Å²) >= 11 is 0. The van der Waals surface area contributed by atoms with Crippen LogP contribution in [0, 0.1) is 0 Å². The van der Waals surface area contributed by atoms with E-state index in [4.69, 9.17) is 23.7 Å². The summed E-state index contributed by atoms with van der Waals surface area (Å²) in [4.78, 5) is 4.59. The van der Waals surface area contributed by atoms with Crippen LogP contribution in [0.4, 0.5) is 0 Å². The Morgan fingerprint density at radius 2 is 1.70 bits per heavy atom. The van der Waals surface area contributed by atoms with E-state index in [0.29, 0.717) is 40.0 Å². The summed E-state index contributed by atoms with van der Waals surface area (Å²) in [5.41, 5.74) is 2.02. The Balaban J connectivity index is 2.04. The van der Waals surface area contributed by atoms with Gasteiger partial charge in [-0.3, -0.25) is 4.98 Å². The molecule has 0 unspecified atom stereocenters. The summed E-state index contributed by atoms with van der Waals surface area (Å²) in [7, 11) is 6.24. The zero-order valence-electron chi connectivity index (χ0n) is 15.5. The summed E-state index contributed by atoms with van der Waals surface area (Å²) in [6, 6.07) is 5.14. The standard InChI is InChI=1S/C20H19NO6/c1-23-10-5-14(22)17-15(6-10)27-9-13-11-7-16(24-2)20(26-4)19(25-3)12(11)8-21-18(13)17/h5-8,22H,9H2,1-4H3. The van der Waals surface area contributed by atoms with Gasteiger partial charge in [0.25, 0.3) is 0 Å². The molecule has 0 saturated carbocycles. The molecule has 0 aliphatic carbocycles. The van der Waals surface area contributed by atoms with Crippen molar-refractivity contribution in [2.75, 3.05) is 28.4 Å². The van der Waals surface area contributed by atoms with Crippen LogP contribution < -0.4 is 23.7 Å². The highest BCUT2D eigenvalue weighted by Gasteiger charge is 2.27. The third-order valence-corrected chi connectivity index (χ3v) is 4.70. The Morgan fingerprint density at radius 3 is 2.37 bits per heavy atom. The molecule has 1 aromatic heterocycles. The highest BCUT2D eigenvalue weighted by Crippen LogP contribution is 2.49. The first-order valence-electron chi connectivity index (χ1n) is 8.27. The number of hydrogen-bond acceptors (Lipinski definition) is 7. The summed E-state index contributed by atoms with van der Waals surface area (Å²) in [6.07, 6.45) is 1.70. The predicted molar refractivity (Wildman–Crippen MR) is 99.4 cm³/mol. The van der Waals surface area contributed by atoms with Crippen LogP contribution in [-0.2, 0) is 6.61 Å². The summed E-state index contributed by atoms with van der Waals surface area (Å²) in [6.45, 7) is 0.290. The van der Waals surface area contributed by atoms with Gasteiger partial charge in [-0.1, -0.05) is 0 Å². The maximum Gasteiger partial charge on any atom is 0.204 e. The van der Waals surface area contributed by atoms with Gasteiger partial charge in [-0.05, 0) is 11.5 Å². The van der Waals surface area contributed by atoms with Crippen LogP contribution in [-0.4, -0.2) is 38.5 Å². The van der Waals surface area contributed by atoms with Crippen molar-refractivity contribution in [3.05, 3.63) is 30.0 Å². The molecule has 1 N–H and O–H groups in total. The fourth-order valence-corrected chi connectivity index (χ4v) is 3.45. The Kier molecular flexibility index (Phi) is 4.07. The Labute approximate surface area is 156 Å². The van der Waals surface area contributed by atoms with Crippen LogP contribution in [0.15, 0.2) is 24.4 Å². The van der Waals surface area contributed by atoms with E-state index >= 15 is 0 Å². The second-order valence-corrected chi connectivity index (χ2v) is 6.00. The SMILES string of the molecule is COc1cc(O)c2c(c1)OCc1c-2ncc2c(OC)c(OC)c(OC)cc12. The summed E-state index contributed by atoms with van der Waals surface area (Å²) < 4.78 is 27.6. The largest absolute Gasteiger partial charge is 0.507 e. The van der Waals surface area contributed by atoms with E-state index < -0.39 is 0 Å². The monoisotopic (exact) mass is 369 g/mol. The highest BCUT2D eigenvalue weighted by molar-refractivity contribution is 5.98. The Bertz CT molecular complexity index is 1050. The molecule has 0 fully saturated rings. The van der Waals surface area contributed by atoms with Crippen molar-refractivity contribution in [2.45, 2.75) is 6.61 Å². The predicted octanol–water partition coefficient (Wildman–Crippen LogP) is 3.53. The maximum absolute atomic E-state index is 10.5. The fraction of sp³-hybridized carbons (Fsp3) is 0.250. The molecular weight excluding hydrogens is 350 g/mol. The topological polar surface area (TPSA) is 79.3 Å². The highest BCUT2D eigenvalue weighted by atomic mass is 16.5. The minimum absolute atomic E-state index is 0.0459. The van der Waals surface area contributed by atoms with Gasteiger partial charge in [0.05, 0.1) is 39.7 Å². The molecule has 0 amide bonds. The van der Waals surface area contributed by atoms with E-state index in [9.17, 15) is 5.11 Å². The second kappa shape index (κ2) is 6.42. The van der Waals surface area contributed by atoms with E-state index in [1.165, 1.54) is 7.11 Å². The molecule has 140 valence electrons. The Hall–Kier alpha value is -3.35. The molecule has 0 saturated heterocycles. The molecule has 0 bridgehead atoms. The zero-order valence-corrected chi connectivity index (χ0v) is 15.5. The molecule has 2 aromatic carbocycles. The number of benzene rings is 2. The van der Waals surface area contributed by atoms with Crippen molar-refractivity contribution >= 4 is 10.8 Å². The van der Waals surface area contributed by atoms with Crippen LogP contribution in [0.2, 0.25) is 0 Å². The second-order valence-electron chi connectivity index (χ2n) is 6.00. The molecule has 27 heavy (non-hydrogen) atoms. The fourth-order valence-electron chi connectivity index (χ4n) is 3.45. The molecule has 7 nitrogen and oxygen atoms in total. The van der Waals surface area contributed by atoms with E-state index in [1.54, 1.807) is 39.7 Å². The van der Waals surface area contributed by atoms with Gasteiger partial charge in [0.1, 0.15) is 23.9 Å². The molecule has 2 heterocycles. The van der Waals surface area contributed by atoms with Crippen LogP contribution in [0.25, 0.3) is 22.0 Å². The van der Waals surface area contributed by atoms with Gasteiger partial charge in [0.2, 0.25) is 5.75 Å². The van der Waals surface area contributed by atoms with Gasteiger partial charge in [-0.15, -0.1) is 0 Å². The van der Waals surface area contributed by atoms with Gasteiger partial charge in [-0.2, -0.15) is 0 Å². The number of pyridine rings is 1. The first-order valence-corrected chi connectivity index (χ1v) is 8.27. The first-order chi connectivity index (χ1) is 13.1. The number of ether oxygens (including phenoxy) is 5. The summed E-state index contributed by atoms with van der Waals surface area (Å²) in [5, 5.41) is 12.1. The molecule has 0 radical (unpaired) electrons. The number of hydrogen-bond donors (Lipinski definition) is 1. The summed E-state index contributed by atoms with van der Waals surface area (Å²) in [5.74, 6) is 2.66. The number of fused-ring (bicyclic) bond motifs is 5. The van der Waals surface area contributed by atoms with Gasteiger partial charge in [0.15, 0.2) is 11.5 Å². The smallest absolute Gasteiger partial charge is 0.204 e. The molecule has 1 aliphatic heterocycles. The number of aromatic nitrogens is 1. The van der Waals surface area contributed by atoms with Crippen molar-refractivity contribution in [3.63, 3.8) is 0 Å². The average Bonchev–Trinajstić information content (AvgIpc) is 2.70. The van der Waals surface area contributed by atoms with E-state index in [-0.39, 0.29) is 12.4 Å². The third-order valence-electron chi connectivity index (χ3n) is 4.70. The lowest BCUT2D eigenvalue weighted by molar-refractivity contribution is 0.297. The molecule has 1 aliphatic rings. The van der Waals surface area contributed by atoms with Gasteiger partial charge < -0.3 is 28.8 Å². The molecule has 4 rings (SSSR count). The van der Waals surface area contributed by atoms with E-state index in [2.05, 4.69) is 4.98 Å². The lowest BCUT2D eigenvalue weighted by atomic mass is 9.96. The number of rotatable bonds is 4. The first kappa shape index (κ1) is 17.1. The number of aromatic hydroxyl groups is 1. The van der Waals surface area contributed by atoms with Crippen LogP contribution in [0.5, 0.6) is 34.5 Å². The number of nitrogens with zero attached hydrogens (tertiary/aromatic N) is 1.